The highest BCUT2D eigenvalue weighted by atomic mass is 16.5. The summed E-state index contributed by atoms with van der Waals surface area (Å²) >= 11 is 0. The summed E-state index contributed by atoms with van der Waals surface area (Å²) in [5.74, 6) is -0.137. The standard InChI is InChI=1S/C19H27N3O3/c1-15(23)20-17-7-4-6-16(12-17)19(24)22-10-5-11-25-18(14-22)13-21-8-2-3-9-21/h4,6-7,12,18H,2-3,5,8-11,13-14H2,1H3,(H,20,23)/t18-/m0/s1. The summed E-state index contributed by atoms with van der Waals surface area (Å²) in [6.45, 7) is 6.66. The molecule has 0 aromatic heterocycles. The number of nitrogens with one attached hydrogen (secondary N) is 1. The van der Waals surface area contributed by atoms with Gasteiger partial charge in [-0.2, -0.15) is 0 Å². The van der Waals surface area contributed by atoms with Crippen molar-refractivity contribution >= 4 is 17.5 Å². The normalized spacial score (nSPS) is 21.8. The molecule has 2 aliphatic heterocycles. The van der Waals surface area contributed by atoms with Crippen molar-refractivity contribution in [1.29, 1.82) is 0 Å². The van der Waals surface area contributed by atoms with E-state index < -0.39 is 0 Å². The van der Waals surface area contributed by atoms with Crippen LogP contribution in [-0.2, 0) is 9.53 Å². The van der Waals surface area contributed by atoms with Crippen molar-refractivity contribution in [3.05, 3.63) is 29.8 Å². The number of amides is 2. The molecule has 2 aliphatic rings. The summed E-state index contributed by atoms with van der Waals surface area (Å²) in [5.41, 5.74) is 1.26. The van der Waals surface area contributed by atoms with Crippen LogP contribution in [0.1, 0.15) is 36.5 Å². The van der Waals surface area contributed by atoms with E-state index in [1.165, 1.54) is 19.8 Å². The molecule has 0 radical (unpaired) electrons. The van der Waals surface area contributed by atoms with E-state index >= 15 is 0 Å². The minimum Gasteiger partial charge on any atom is -0.375 e. The summed E-state index contributed by atoms with van der Waals surface area (Å²) in [6.07, 6.45) is 3.44. The van der Waals surface area contributed by atoms with Gasteiger partial charge in [-0.15, -0.1) is 0 Å². The molecule has 0 saturated carbocycles. The third-order valence-corrected chi connectivity index (χ3v) is 4.73. The monoisotopic (exact) mass is 345 g/mol. The van der Waals surface area contributed by atoms with Crippen molar-refractivity contribution in [2.45, 2.75) is 32.3 Å². The Morgan fingerprint density at radius 3 is 2.76 bits per heavy atom. The largest absolute Gasteiger partial charge is 0.375 e. The van der Waals surface area contributed by atoms with Gasteiger partial charge in [0.1, 0.15) is 0 Å². The number of likely N-dealkylation sites (tertiary alicyclic amines) is 1. The number of carbonyl (C=O) groups is 2. The Kier molecular flexibility index (Phi) is 6.04. The maximum atomic E-state index is 12.9. The molecule has 1 atom stereocenters. The van der Waals surface area contributed by atoms with Crippen LogP contribution in [0.2, 0.25) is 0 Å². The molecule has 1 aromatic carbocycles. The molecular formula is C19H27N3O3. The highest BCUT2D eigenvalue weighted by Crippen LogP contribution is 2.17. The smallest absolute Gasteiger partial charge is 0.254 e. The molecule has 2 fully saturated rings. The van der Waals surface area contributed by atoms with E-state index in [-0.39, 0.29) is 17.9 Å². The summed E-state index contributed by atoms with van der Waals surface area (Å²) in [7, 11) is 0. The Morgan fingerprint density at radius 1 is 1.20 bits per heavy atom. The molecule has 0 spiro atoms. The van der Waals surface area contributed by atoms with Crippen LogP contribution in [0.5, 0.6) is 0 Å². The molecule has 2 saturated heterocycles. The van der Waals surface area contributed by atoms with Crippen molar-refractivity contribution in [2.75, 3.05) is 44.6 Å². The van der Waals surface area contributed by atoms with Gasteiger partial charge < -0.3 is 19.9 Å². The Morgan fingerprint density at radius 2 is 2.00 bits per heavy atom. The van der Waals surface area contributed by atoms with Gasteiger partial charge in [-0.3, -0.25) is 9.59 Å². The van der Waals surface area contributed by atoms with E-state index in [0.29, 0.717) is 30.9 Å². The first kappa shape index (κ1) is 17.9. The Labute approximate surface area is 149 Å². The number of nitrogens with zero attached hydrogens (tertiary/aromatic N) is 2. The fourth-order valence-corrected chi connectivity index (χ4v) is 3.56. The molecule has 3 rings (SSSR count). The minimum atomic E-state index is -0.140. The van der Waals surface area contributed by atoms with Gasteiger partial charge in [0.05, 0.1) is 6.10 Å². The molecule has 0 unspecified atom stereocenters. The molecule has 0 aliphatic carbocycles. The second-order valence-electron chi connectivity index (χ2n) is 6.87. The summed E-state index contributed by atoms with van der Waals surface area (Å²) in [6, 6.07) is 7.13. The molecule has 2 amide bonds. The molecule has 25 heavy (non-hydrogen) atoms. The summed E-state index contributed by atoms with van der Waals surface area (Å²) in [5, 5.41) is 2.73. The summed E-state index contributed by atoms with van der Waals surface area (Å²) < 4.78 is 5.96. The van der Waals surface area contributed by atoms with Crippen LogP contribution in [0.25, 0.3) is 0 Å². The zero-order valence-corrected chi connectivity index (χ0v) is 14.9. The molecule has 6 heteroatoms. The number of carbonyl (C=O) groups excluding carboxylic acids is 2. The lowest BCUT2D eigenvalue weighted by Gasteiger charge is -2.27. The van der Waals surface area contributed by atoms with Crippen LogP contribution >= 0.6 is 0 Å². The molecule has 6 nitrogen and oxygen atoms in total. The number of hydrogen-bond acceptors (Lipinski definition) is 4. The van der Waals surface area contributed by atoms with Crippen molar-refractivity contribution in [1.82, 2.24) is 9.80 Å². The van der Waals surface area contributed by atoms with Gasteiger partial charge in [-0.1, -0.05) is 6.07 Å². The number of rotatable bonds is 4. The van der Waals surface area contributed by atoms with E-state index in [2.05, 4.69) is 10.2 Å². The van der Waals surface area contributed by atoms with Gasteiger partial charge in [0.2, 0.25) is 5.91 Å². The van der Waals surface area contributed by atoms with Gasteiger partial charge in [-0.05, 0) is 50.6 Å². The molecule has 136 valence electrons. The lowest BCUT2D eigenvalue weighted by Crippen LogP contribution is -2.41. The molecule has 1 N–H and O–H groups in total. The van der Waals surface area contributed by atoms with Crippen LogP contribution in [-0.4, -0.2) is 67.0 Å². The maximum Gasteiger partial charge on any atom is 0.254 e. The number of anilines is 1. The Hall–Kier alpha value is -1.92. The zero-order chi connectivity index (χ0) is 17.6. The fraction of sp³-hybridized carbons (Fsp3) is 0.579. The van der Waals surface area contributed by atoms with Crippen molar-refractivity contribution in [2.24, 2.45) is 0 Å². The predicted molar refractivity (Wildman–Crippen MR) is 96.7 cm³/mol. The van der Waals surface area contributed by atoms with Crippen LogP contribution in [0.4, 0.5) is 5.69 Å². The lowest BCUT2D eigenvalue weighted by atomic mass is 10.1. The maximum absolute atomic E-state index is 12.9. The van der Waals surface area contributed by atoms with E-state index in [1.807, 2.05) is 4.90 Å². The van der Waals surface area contributed by atoms with E-state index in [4.69, 9.17) is 4.74 Å². The minimum absolute atomic E-state index is 0.00382. The number of benzene rings is 1. The second kappa shape index (κ2) is 8.45. The van der Waals surface area contributed by atoms with Crippen LogP contribution in [0.3, 0.4) is 0 Å². The predicted octanol–water partition coefficient (Wildman–Crippen LogP) is 1.97. The molecule has 2 heterocycles. The van der Waals surface area contributed by atoms with Gasteiger partial charge in [-0.25, -0.2) is 0 Å². The van der Waals surface area contributed by atoms with E-state index in [9.17, 15) is 9.59 Å². The topological polar surface area (TPSA) is 61.9 Å². The van der Waals surface area contributed by atoms with Crippen LogP contribution in [0.15, 0.2) is 24.3 Å². The van der Waals surface area contributed by atoms with E-state index in [1.54, 1.807) is 24.3 Å². The van der Waals surface area contributed by atoms with Gasteiger partial charge in [0, 0.05) is 44.4 Å². The van der Waals surface area contributed by atoms with Crippen molar-refractivity contribution in [3.8, 4) is 0 Å². The Balaban J connectivity index is 1.66. The first-order valence-electron chi connectivity index (χ1n) is 9.13. The molecule has 1 aromatic rings. The van der Waals surface area contributed by atoms with Crippen LogP contribution < -0.4 is 5.32 Å². The van der Waals surface area contributed by atoms with Crippen molar-refractivity contribution < 1.29 is 14.3 Å². The Bertz CT molecular complexity index is 614. The first-order valence-corrected chi connectivity index (χ1v) is 9.13. The average Bonchev–Trinajstić information content (AvgIpc) is 2.98. The van der Waals surface area contributed by atoms with Gasteiger partial charge >= 0.3 is 0 Å². The molecular weight excluding hydrogens is 318 g/mol. The fourth-order valence-electron chi connectivity index (χ4n) is 3.56. The third kappa shape index (κ3) is 5.03. The number of ether oxygens (including phenoxy) is 1. The first-order chi connectivity index (χ1) is 12.1. The summed E-state index contributed by atoms with van der Waals surface area (Å²) in [4.78, 5) is 28.5. The third-order valence-electron chi connectivity index (χ3n) is 4.73. The number of hydrogen-bond donors (Lipinski definition) is 1. The second-order valence-corrected chi connectivity index (χ2v) is 6.87. The van der Waals surface area contributed by atoms with E-state index in [0.717, 1.165) is 26.1 Å². The van der Waals surface area contributed by atoms with Crippen LogP contribution in [0, 0.1) is 0 Å². The van der Waals surface area contributed by atoms with Crippen molar-refractivity contribution in [3.63, 3.8) is 0 Å². The SMILES string of the molecule is CC(=O)Nc1cccc(C(=O)N2CCCO[C@@H](CN3CCCC3)C2)c1. The zero-order valence-electron chi connectivity index (χ0n) is 14.9. The highest BCUT2D eigenvalue weighted by molar-refractivity contribution is 5.96. The highest BCUT2D eigenvalue weighted by Gasteiger charge is 2.26. The lowest BCUT2D eigenvalue weighted by molar-refractivity contribution is -0.114. The van der Waals surface area contributed by atoms with Gasteiger partial charge in [0.15, 0.2) is 0 Å². The quantitative estimate of drug-likeness (QED) is 0.906. The van der Waals surface area contributed by atoms with Gasteiger partial charge in [0.25, 0.3) is 5.91 Å². The molecule has 0 bridgehead atoms. The average molecular weight is 345 g/mol.